The molecule has 0 saturated carbocycles. The van der Waals surface area contributed by atoms with Gasteiger partial charge in [0.05, 0.1) is 132 Å². The van der Waals surface area contributed by atoms with Gasteiger partial charge in [-0.25, -0.2) is 20.2 Å². The van der Waals surface area contributed by atoms with Gasteiger partial charge in [0.1, 0.15) is 31.0 Å². The van der Waals surface area contributed by atoms with Crippen molar-refractivity contribution >= 4 is 35.5 Å². The summed E-state index contributed by atoms with van der Waals surface area (Å²) in [5.41, 5.74) is 6.71. The average Bonchev–Trinajstić information content (AvgIpc) is 3.81. The zero-order valence-corrected chi connectivity index (χ0v) is 41.5. The molecule has 0 saturated heterocycles. The summed E-state index contributed by atoms with van der Waals surface area (Å²) in [7, 11) is 0. The van der Waals surface area contributed by atoms with Crippen molar-refractivity contribution in [2.75, 3.05) is 137 Å². The van der Waals surface area contributed by atoms with Crippen LogP contribution in [-0.4, -0.2) is 189 Å². The Kier molecular flexibility index (Phi) is 36.2. The number of carbonyl (C=O) groups excluding carboxylic acids is 5. The first-order valence-corrected chi connectivity index (χ1v) is 23.9. The predicted molar refractivity (Wildman–Crippen MR) is 255 cm³/mol. The average molecular weight is 1020 g/mol. The van der Waals surface area contributed by atoms with Gasteiger partial charge in [-0.15, -0.1) is 5.10 Å². The molecule has 0 unspecified atom stereocenters. The van der Waals surface area contributed by atoms with E-state index in [4.69, 9.17) is 59.0 Å². The van der Waals surface area contributed by atoms with Crippen LogP contribution in [0.15, 0.2) is 30.5 Å². The lowest BCUT2D eigenvalue weighted by Crippen LogP contribution is -2.55. The minimum Gasteiger partial charge on any atom is -0.445 e. The maximum Gasteiger partial charge on any atom is 0.407 e. The summed E-state index contributed by atoms with van der Waals surface area (Å²) in [5, 5.41) is 21.2. The fraction of sp³-hybridized carbons (Fsp3) is 0.711. The predicted octanol–water partition coefficient (Wildman–Crippen LogP) is 0.167. The number of carbonyl (C=O) groups is 5. The molecule has 0 aliphatic rings. The number of hydrogen-bond acceptors (Lipinski definition) is 19. The van der Waals surface area contributed by atoms with E-state index in [1.807, 2.05) is 0 Å². The van der Waals surface area contributed by atoms with Crippen LogP contribution >= 0.6 is 0 Å². The lowest BCUT2D eigenvalue weighted by Gasteiger charge is -2.25. The topological polar surface area (TPSA) is 330 Å². The lowest BCUT2D eigenvalue weighted by molar-refractivity contribution is -0.133. The number of urea groups is 1. The first kappa shape index (κ1) is 62.0. The smallest absolute Gasteiger partial charge is 0.407 e. The fourth-order valence-electron chi connectivity index (χ4n) is 5.84. The normalized spacial score (nSPS) is 12.1. The molecule has 0 radical (unpaired) electrons. The Morgan fingerprint density at radius 1 is 0.662 bits per heavy atom. The number of alkyl carbamates (subject to hydrolysis) is 1. The van der Waals surface area contributed by atoms with Crippen LogP contribution < -0.4 is 38.2 Å². The van der Waals surface area contributed by atoms with E-state index in [-0.39, 0.29) is 32.0 Å². The van der Waals surface area contributed by atoms with Crippen molar-refractivity contribution in [1.82, 2.24) is 36.3 Å². The van der Waals surface area contributed by atoms with Crippen LogP contribution in [0.2, 0.25) is 0 Å². The molecule has 0 aliphatic carbocycles. The number of aromatic nitrogens is 3. The van der Waals surface area contributed by atoms with Crippen LogP contribution in [-0.2, 0) is 86.3 Å². The van der Waals surface area contributed by atoms with Gasteiger partial charge < -0.3 is 79.7 Å². The van der Waals surface area contributed by atoms with Crippen molar-refractivity contribution in [3.05, 3.63) is 41.7 Å². The Morgan fingerprint density at radius 2 is 1.17 bits per heavy atom. The first-order chi connectivity index (χ1) is 34.5. The molecule has 0 bridgehead atoms. The maximum absolute atomic E-state index is 13.3. The number of hydrogen-bond donors (Lipinski definition) is 7. The Morgan fingerprint density at radius 3 is 1.65 bits per heavy atom. The molecule has 404 valence electrons. The molecule has 0 fully saturated rings. The standard InChI is InChI=1S/C45H78N10O16/c1-4-13-61-15-17-63-19-21-65-23-25-67-27-29-69-30-28-68-26-24-66-22-20-64-18-16-62-14-12-55-32-38(53-54-55)31-49-45(60)70-33-36-7-9-37(10-8-36)50-42(57)39(6-5-11-48-44(46)59)51-43(58)41(35(2)3)52-40(56)34-71-47/h7-10,32,35,39,41H,4-6,11-31,33-34,47H2,1-3H3,(H,49,60)(H,50,57)(H,51,58)(H,52,56)(H3,46,48,59)/t39-,41-/m0/s1. The van der Waals surface area contributed by atoms with E-state index < -0.39 is 48.5 Å². The van der Waals surface area contributed by atoms with Gasteiger partial charge >= 0.3 is 12.1 Å². The number of nitrogens with two attached hydrogens (primary N) is 2. The number of nitrogens with zero attached hydrogens (tertiary/aromatic N) is 3. The third-order valence-electron chi connectivity index (χ3n) is 9.46. The van der Waals surface area contributed by atoms with Gasteiger partial charge in [0.25, 0.3) is 0 Å². The SMILES string of the molecule is CCCOCCOCCOCCOCCOCCOCCOCCOCCOCCn1cc(CNC(=O)OCc2ccc(NC(=O)[C@H](CCCNC(N)=O)NC(=O)[C@@H](NC(=O)CON)C(C)C)cc2)nn1. The van der Waals surface area contributed by atoms with Crippen LogP contribution in [0, 0.1) is 5.92 Å². The second-order valence-corrected chi connectivity index (χ2v) is 15.7. The highest BCUT2D eigenvalue weighted by Crippen LogP contribution is 2.13. The van der Waals surface area contributed by atoms with E-state index in [9.17, 15) is 24.0 Å². The van der Waals surface area contributed by atoms with Crippen molar-refractivity contribution in [3.8, 4) is 0 Å². The van der Waals surface area contributed by atoms with Gasteiger partial charge in [-0.2, -0.15) is 0 Å². The van der Waals surface area contributed by atoms with E-state index in [0.717, 1.165) is 13.0 Å². The molecule has 2 atom stereocenters. The zero-order chi connectivity index (χ0) is 51.6. The van der Waals surface area contributed by atoms with Crippen LogP contribution in [0.3, 0.4) is 0 Å². The molecule has 26 nitrogen and oxygen atoms in total. The summed E-state index contributed by atoms with van der Waals surface area (Å²) >= 11 is 0. The molecule has 1 aromatic carbocycles. The van der Waals surface area contributed by atoms with Crippen molar-refractivity contribution < 1.29 is 76.2 Å². The van der Waals surface area contributed by atoms with E-state index in [1.54, 1.807) is 49.0 Å². The van der Waals surface area contributed by atoms with Gasteiger partial charge in [0.2, 0.25) is 17.7 Å². The van der Waals surface area contributed by atoms with Crippen molar-refractivity contribution in [2.24, 2.45) is 17.5 Å². The monoisotopic (exact) mass is 1010 g/mol. The zero-order valence-electron chi connectivity index (χ0n) is 41.5. The highest BCUT2D eigenvalue weighted by Gasteiger charge is 2.29. The highest BCUT2D eigenvalue weighted by atomic mass is 16.6. The Balaban J connectivity index is 1.50. The second kappa shape index (κ2) is 41.5. The largest absolute Gasteiger partial charge is 0.445 e. The van der Waals surface area contributed by atoms with Gasteiger partial charge in [-0.1, -0.05) is 38.1 Å². The number of amides is 6. The van der Waals surface area contributed by atoms with Gasteiger partial charge in [-0.05, 0) is 42.9 Å². The van der Waals surface area contributed by atoms with E-state index in [2.05, 4.69) is 48.7 Å². The molecule has 2 rings (SSSR count). The van der Waals surface area contributed by atoms with Crippen LogP contribution in [0.25, 0.3) is 0 Å². The molecule has 26 heteroatoms. The van der Waals surface area contributed by atoms with Gasteiger partial charge in [-0.3, -0.25) is 19.2 Å². The molecule has 1 aromatic heterocycles. The number of benzene rings is 1. The molecule has 2 aromatic rings. The third-order valence-corrected chi connectivity index (χ3v) is 9.46. The molecular formula is C45H78N10O16. The van der Waals surface area contributed by atoms with E-state index in [0.29, 0.717) is 142 Å². The van der Waals surface area contributed by atoms with Gasteiger partial charge in [0.15, 0.2) is 0 Å². The molecule has 0 aliphatic heterocycles. The first-order valence-electron chi connectivity index (χ1n) is 23.9. The number of ether oxygens (including phenoxy) is 10. The second-order valence-electron chi connectivity index (χ2n) is 15.7. The fourth-order valence-corrected chi connectivity index (χ4v) is 5.84. The number of nitrogens with one attached hydrogen (secondary N) is 5. The quantitative estimate of drug-likeness (QED) is 0.0343. The molecule has 9 N–H and O–H groups in total. The van der Waals surface area contributed by atoms with Crippen LogP contribution in [0.4, 0.5) is 15.3 Å². The Bertz CT molecular complexity index is 1710. The summed E-state index contributed by atoms with van der Waals surface area (Å²) < 4.78 is 56.3. The summed E-state index contributed by atoms with van der Waals surface area (Å²) in [6, 6.07) is 3.81. The van der Waals surface area contributed by atoms with Crippen molar-refractivity contribution in [3.63, 3.8) is 0 Å². The minimum absolute atomic E-state index is 0.0559. The summed E-state index contributed by atoms with van der Waals surface area (Å²) in [6.45, 7) is 14.6. The summed E-state index contributed by atoms with van der Waals surface area (Å²) in [4.78, 5) is 66.4. The van der Waals surface area contributed by atoms with Crippen molar-refractivity contribution in [2.45, 2.75) is 71.8 Å². The lowest BCUT2D eigenvalue weighted by atomic mass is 10.0. The Hall–Kier alpha value is -5.13. The summed E-state index contributed by atoms with van der Waals surface area (Å²) in [6.07, 6.45) is 2.48. The molecule has 1 heterocycles. The highest BCUT2D eigenvalue weighted by molar-refractivity contribution is 5.98. The Labute approximate surface area is 415 Å². The van der Waals surface area contributed by atoms with Gasteiger partial charge in [0, 0.05) is 18.8 Å². The molecule has 0 spiro atoms. The molecule has 6 amide bonds. The minimum atomic E-state index is -1.03. The molecule has 71 heavy (non-hydrogen) atoms. The van der Waals surface area contributed by atoms with Crippen LogP contribution in [0.5, 0.6) is 0 Å². The van der Waals surface area contributed by atoms with Crippen molar-refractivity contribution in [1.29, 1.82) is 0 Å². The van der Waals surface area contributed by atoms with E-state index >= 15 is 0 Å². The maximum atomic E-state index is 13.3. The number of anilines is 1. The summed E-state index contributed by atoms with van der Waals surface area (Å²) in [5.74, 6) is 2.90. The molecular weight excluding hydrogens is 937 g/mol. The number of primary amides is 1. The van der Waals surface area contributed by atoms with Crippen LogP contribution in [0.1, 0.15) is 51.3 Å². The van der Waals surface area contributed by atoms with E-state index in [1.165, 1.54) is 0 Å². The third kappa shape index (κ3) is 33.2. The number of rotatable bonds is 45.